The fraction of sp³-hybridized carbons (Fsp3) is 0.182. The number of pyridine rings is 1. The third-order valence-electron chi connectivity index (χ3n) is 4.71. The largest absolute Gasteiger partial charge is 0.461 e. The Labute approximate surface area is 162 Å². The summed E-state index contributed by atoms with van der Waals surface area (Å²) in [5, 5.41) is 2.85. The van der Waals surface area contributed by atoms with Crippen molar-refractivity contribution < 1.29 is 9.53 Å². The highest BCUT2D eigenvalue weighted by molar-refractivity contribution is 6.31. The van der Waals surface area contributed by atoms with Gasteiger partial charge in [0.2, 0.25) is 0 Å². The van der Waals surface area contributed by atoms with Crippen molar-refractivity contribution in [3.05, 3.63) is 76.6 Å². The Morgan fingerprint density at radius 3 is 2.70 bits per heavy atom. The van der Waals surface area contributed by atoms with E-state index >= 15 is 0 Å². The number of carbonyl (C=O) groups is 1. The van der Waals surface area contributed by atoms with E-state index in [0.29, 0.717) is 18.8 Å². The van der Waals surface area contributed by atoms with Gasteiger partial charge in [0.1, 0.15) is 5.69 Å². The van der Waals surface area contributed by atoms with Crippen LogP contribution in [-0.4, -0.2) is 22.1 Å². The Balaban J connectivity index is 1.88. The van der Waals surface area contributed by atoms with E-state index in [-0.39, 0.29) is 0 Å². The van der Waals surface area contributed by atoms with E-state index in [1.165, 1.54) is 0 Å². The van der Waals surface area contributed by atoms with E-state index in [1.54, 1.807) is 13.1 Å². The highest BCUT2D eigenvalue weighted by Gasteiger charge is 2.15. The van der Waals surface area contributed by atoms with Crippen molar-refractivity contribution >= 4 is 39.4 Å². The third-order valence-corrected chi connectivity index (χ3v) is 5.13. The standard InChI is InChI=1S/C22H19ClN2O2/c1-3-27-22(26)19-11-17-16-6-4-5-7-20(16)25(21(17)12-24-19)13-15-8-9-18(23)14(2)10-15/h4-12H,3,13H2,1-2H3. The summed E-state index contributed by atoms with van der Waals surface area (Å²) >= 11 is 6.16. The smallest absolute Gasteiger partial charge is 0.356 e. The molecule has 0 bridgehead atoms. The van der Waals surface area contributed by atoms with Gasteiger partial charge in [-0.25, -0.2) is 9.78 Å². The van der Waals surface area contributed by atoms with Crippen LogP contribution in [0.25, 0.3) is 21.8 Å². The quantitative estimate of drug-likeness (QED) is 0.448. The number of benzene rings is 2. The molecule has 0 fully saturated rings. The number of rotatable bonds is 4. The van der Waals surface area contributed by atoms with Crippen LogP contribution < -0.4 is 0 Å². The lowest BCUT2D eigenvalue weighted by atomic mass is 10.1. The minimum absolute atomic E-state index is 0.328. The molecular weight excluding hydrogens is 360 g/mol. The summed E-state index contributed by atoms with van der Waals surface area (Å²) in [7, 11) is 0. The number of nitrogens with zero attached hydrogens (tertiary/aromatic N) is 2. The molecule has 4 aromatic rings. The highest BCUT2D eigenvalue weighted by atomic mass is 35.5. The lowest BCUT2D eigenvalue weighted by Gasteiger charge is -2.09. The molecular formula is C22H19ClN2O2. The van der Waals surface area contributed by atoms with Gasteiger partial charge < -0.3 is 9.30 Å². The van der Waals surface area contributed by atoms with Crippen LogP contribution in [0, 0.1) is 6.92 Å². The van der Waals surface area contributed by atoms with Gasteiger partial charge in [0.05, 0.1) is 18.3 Å². The summed E-state index contributed by atoms with van der Waals surface area (Å²) < 4.78 is 7.31. The van der Waals surface area contributed by atoms with Gasteiger partial charge in [-0.15, -0.1) is 0 Å². The lowest BCUT2D eigenvalue weighted by molar-refractivity contribution is 0.0519. The predicted molar refractivity (Wildman–Crippen MR) is 108 cm³/mol. The summed E-state index contributed by atoms with van der Waals surface area (Å²) in [6.07, 6.45) is 1.75. The fourth-order valence-electron chi connectivity index (χ4n) is 3.42. The first kappa shape index (κ1) is 17.6. The molecule has 0 amide bonds. The number of hydrogen-bond donors (Lipinski definition) is 0. The first-order chi connectivity index (χ1) is 13.1. The van der Waals surface area contributed by atoms with Crippen molar-refractivity contribution in [3.63, 3.8) is 0 Å². The molecule has 27 heavy (non-hydrogen) atoms. The molecule has 0 aliphatic carbocycles. The van der Waals surface area contributed by atoms with Crippen LogP contribution in [0.3, 0.4) is 0 Å². The lowest BCUT2D eigenvalue weighted by Crippen LogP contribution is -2.07. The maximum atomic E-state index is 12.1. The molecule has 2 aromatic carbocycles. The molecule has 4 rings (SSSR count). The van der Waals surface area contributed by atoms with Gasteiger partial charge in [0, 0.05) is 27.9 Å². The van der Waals surface area contributed by atoms with E-state index in [2.05, 4.69) is 27.8 Å². The van der Waals surface area contributed by atoms with Crippen molar-refractivity contribution in [3.8, 4) is 0 Å². The molecule has 0 N–H and O–H groups in total. The Kier molecular flexibility index (Phi) is 4.58. The zero-order valence-corrected chi connectivity index (χ0v) is 16.0. The number of halogens is 1. The topological polar surface area (TPSA) is 44.1 Å². The molecule has 0 radical (unpaired) electrons. The van der Waals surface area contributed by atoms with Crippen LogP contribution in [-0.2, 0) is 11.3 Å². The molecule has 0 saturated carbocycles. The van der Waals surface area contributed by atoms with Gasteiger partial charge in [0.25, 0.3) is 0 Å². The SMILES string of the molecule is CCOC(=O)c1cc2c3ccccc3n(Cc3ccc(Cl)c(C)c3)c2cn1. The molecule has 2 heterocycles. The number of aryl methyl sites for hydroxylation is 1. The Hall–Kier alpha value is -2.85. The molecule has 0 unspecified atom stereocenters. The first-order valence-electron chi connectivity index (χ1n) is 8.87. The Bertz CT molecular complexity index is 1160. The maximum Gasteiger partial charge on any atom is 0.356 e. The van der Waals surface area contributed by atoms with E-state index in [4.69, 9.17) is 16.3 Å². The van der Waals surface area contributed by atoms with Gasteiger partial charge in [-0.1, -0.05) is 41.9 Å². The van der Waals surface area contributed by atoms with Gasteiger partial charge in [0.15, 0.2) is 0 Å². The van der Waals surface area contributed by atoms with Crippen molar-refractivity contribution in [2.45, 2.75) is 20.4 Å². The molecule has 0 spiro atoms. The van der Waals surface area contributed by atoms with Gasteiger partial charge >= 0.3 is 5.97 Å². The van der Waals surface area contributed by atoms with Gasteiger partial charge in [-0.3, -0.25) is 0 Å². The first-order valence-corrected chi connectivity index (χ1v) is 9.25. The summed E-state index contributed by atoms with van der Waals surface area (Å²) in [6, 6.07) is 16.1. The van der Waals surface area contributed by atoms with Crippen molar-refractivity contribution in [2.75, 3.05) is 6.61 Å². The van der Waals surface area contributed by atoms with E-state index in [9.17, 15) is 4.79 Å². The zero-order valence-electron chi connectivity index (χ0n) is 15.2. The van der Waals surface area contributed by atoms with Crippen LogP contribution in [0.1, 0.15) is 28.5 Å². The van der Waals surface area contributed by atoms with Crippen LogP contribution >= 0.6 is 11.6 Å². The Morgan fingerprint density at radius 2 is 1.93 bits per heavy atom. The minimum Gasteiger partial charge on any atom is -0.461 e. The number of ether oxygens (including phenoxy) is 1. The monoisotopic (exact) mass is 378 g/mol. The molecule has 0 saturated heterocycles. The second-order valence-corrected chi connectivity index (χ2v) is 6.90. The van der Waals surface area contributed by atoms with Crippen LogP contribution in [0.15, 0.2) is 54.7 Å². The number of hydrogen-bond acceptors (Lipinski definition) is 3. The second-order valence-electron chi connectivity index (χ2n) is 6.49. The molecule has 5 heteroatoms. The average molecular weight is 379 g/mol. The van der Waals surface area contributed by atoms with Crippen LogP contribution in [0.5, 0.6) is 0 Å². The molecule has 0 aliphatic rings. The van der Waals surface area contributed by atoms with E-state index < -0.39 is 5.97 Å². The molecule has 2 aromatic heterocycles. The van der Waals surface area contributed by atoms with Crippen LogP contribution in [0.4, 0.5) is 0 Å². The highest BCUT2D eigenvalue weighted by Crippen LogP contribution is 2.30. The van der Waals surface area contributed by atoms with E-state index in [1.807, 2.05) is 37.3 Å². The number of carbonyl (C=O) groups excluding carboxylic acids is 1. The number of aromatic nitrogens is 2. The summed E-state index contributed by atoms with van der Waals surface area (Å²) in [5.74, 6) is -0.399. The van der Waals surface area contributed by atoms with Gasteiger partial charge in [-0.2, -0.15) is 0 Å². The third kappa shape index (κ3) is 3.17. The van der Waals surface area contributed by atoms with E-state index in [0.717, 1.165) is 38.0 Å². The van der Waals surface area contributed by atoms with Crippen molar-refractivity contribution in [2.24, 2.45) is 0 Å². The normalized spacial score (nSPS) is 11.2. The van der Waals surface area contributed by atoms with Gasteiger partial charge in [-0.05, 0) is 43.2 Å². The maximum absolute atomic E-state index is 12.1. The number of esters is 1. The predicted octanol–water partition coefficient (Wildman–Crippen LogP) is 5.38. The fourth-order valence-corrected chi connectivity index (χ4v) is 3.54. The molecule has 136 valence electrons. The van der Waals surface area contributed by atoms with Crippen molar-refractivity contribution in [1.82, 2.24) is 9.55 Å². The summed E-state index contributed by atoms with van der Waals surface area (Å²) in [5.41, 5.74) is 4.63. The summed E-state index contributed by atoms with van der Waals surface area (Å²) in [6.45, 7) is 4.82. The second kappa shape index (κ2) is 7.05. The summed E-state index contributed by atoms with van der Waals surface area (Å²) in [4.78, 5) is 16.4. The number of fused-ring (bicyclic) bond motifs is 3. The molecule has 0 aliphatic heterocycles. The van der Waals surface area contributed by atoms with Crippen LogP contribution in [0.2, 0.25) is 5.02 Å². The average Bonchev–Trinajstić information content (AvgIpc) is 2.98. The Morgan fingerprint density at radius 1 is 1.11 bits per heavy atom. The minimum atomic E-state index is -0.399. The molecule has 4 nitrogen and oxygen atoms in total. The van der Waals surface area contributed by atoms with Crippen molar-refractivity contribution in [1.29, 1.82) is 0 Å². The zero-order chi connectivity index (χ0) is 19.0. The number of para-hydroxylation sites is 1. The molecule has 0 atom stereocenters.